The van der Waals surface area contributed by atoms with Crippen LogP contribution in [0.2, 0.25) is 0 Å². The molecule has 28 heavy (non-hydrogen) atoms. The van der Waals surface area contributed by atoms with Crippen LogP contribution in [-0.2, 0) is 0 Å². The summed E-state index contributed by atoms with van der Waals surface area (Å²) in [6.07, 6.45) is 7.69. The van der Waals surface area contributed by atoms with E-state index in [0.29, 0.717) is 12.0 Å². The fourth-order valence-corrected chi connectivity index (χ4v) is 3.98. The highest BCUT2D eigenvalue weighted by Crippen LogP contribution is 2.32. The zero-order valence-corrected chi connectivity index (χ0v) is 17.5. The van der Waals surface area contributed by atoms with Gasteiger partial charge in [-0.2, -0.15) is 0 Å². The number of pyridine rings is 2. The highest BCUT2D eigenvalue weighted by Gasteiger charge is 2.16. The number of anilines is 3. The third-order valence-corrected chi connectivity index (χ3v) is 5.64. The Hall–Kier alpha value is -2.47. The highest BCUT2D eigenvalue weighted by atomic mass is 79.9. The van der Waals surface area contributed by atoms with E-state index in [4.69, 9.17) is 0 Å². The minimum Gasteiger partial charge on any atom is -0.357 e. The summed E-state index contributed by atoms with van der Waals surface area (Å²) in [6, 6.07) is 9.97. The van der Waals surface area contributed by atoms with Crippen molar-refractivity contribution in [2.45, 2.75) is 32.6 Å². The minimum atomic E-state index is 0.0646. The van der Waals surface area contributed by atoms with Crippen LogP contribution in [0.25, 0.3) is 10.9 Å². The number of aromatic nitrogens is 2. The maximum Gasteiger partial charge on any atom is 0.166 e. The first-order valence-corrected chi connectivity index (χ1v) is 10.5. The molecular weight excluding hydrogens is 416 g/mol. The average molecular weight is 439 g/mol. The van der Waals surface area contributed by atoms with Crippen molar-refractivity contribution in [2.24, 2.45) is 0 Å². The lowest BCUT2D eigenvalue weighted by atomic mass is 10.0. The molecule has 0 saturated carbocycles. The smallest absolute Gasteiger partial charge is 0.166 e. The van der Waals surface area contributed by atoms with Crippen LogP contribution in [-0.4, -0.2) is 28.8 Å². The van der Waals surface area contributed by atoms with Crippen molar-refractivity contribution in [3.8, 4) is 0 Å². The van der Waals surface area contributed by atoms with Gasteiger partial charge in [-0.3, -0.25) is 9.78 Å². The highest BCUT2D eigenvalue weighted by molar-refractivity contribution is 9.10. The molecule has 3 aromatic rings. The maximum absolute atomic E-state index is 12.5. The molecule has 1 fully saturated rings. The third-order valence-electron chi connectivity index (χ3n) is 5.15. The summed E-state index contributed by atoms with van der Waals surface area (Å²) in [5.74, 6) is 1.08. The van der Waals surface area contributed by atoms with Crippen LogP contribution in [0.5, 0.6) is 0 Å². The summed E-state index contributed by atoms with van der Waals surface area (Å²) in [6.45, 7) is 4.00. The molecule has 0 atom stereocenters. The Balaban J connectivity index is 1.69. The Morgan fingerprint density at radius 2 is 1.93 bits per heavy atom. The molecule has 1 aromatic carbocycles. The fraction of sp³-hybridized carbons (Fsp3) is 0.318. The molecule has 144 valence electrons. The van der Waals surface area contributed by atoms with E-state index in [0.717, 1.165) is 45.7 Å². The molecule has 0 spiro atoms. The number of halogens is 1. The van der Waals surface area contributed by atoms with Crippen LogP contribution >= 0.6 is 15.9 Å². The molecular formula is C22H23BrN4O. The summed E-state index contributed by atoms with van der Waals surface area (Å²) in [4.78, 5) is 23.9. The van der Waals surface area contributed by atoms with E-state index in [2.05, 4.69) is 36.1 Å². The molecule has 2 aromatic heterocycles. The number of nitrogens with one attached hydrogen (secondary N) is 1. The maximum atomic E-state index is 12.5. The lowest BCUT2D eigenvalue weighted by molar-refractivity contribution is 0.0989. The summed E-state index contributed by atoms with van der Waals surface area (Å²) < 4.78 is 0.949. The lowest BCUT2D eigenvalue weighted by Crippen LogP contribution is -2.29. The Morgan fingerprint density at radius 1 is 1.11 bits per heavy atom. The van der Waals surface area contributed by atoms with E-state index in [9.17, 15) is 4.79 Å². The van der Waals surface area contributed by atoms with Gasteiger partial charge in [0.15, 0.2) is 5.78 Å². The largest absolute Gasteiger partial charge is 0.357 e. The first-order chi connectivity index (χ1) is 13.7. The summed E-state index contributed by atoms with van der Waals surface area (Å²) >= 11 is 3.53. The molecule has 4 rings (SSSR count). The van der Waals surface area contributed by atoms with E-state index < -0.39 is 0 Å². The number of Topliss-reactive ketones (excluding diaryl/α,β-unsaturated/α-hetero) is 1. The zero-order valence-electron chi connectivity index (χ0n) is 15.9. The third kappa shape index (κ3) is 3.87. The molecule has 1 aliphatic heterocycles. The molecule has 1 saturated heterocycles. The van der Waals surface area contributed by atoms with Crippen molar-refractivity contribution in [3.63, 3.8) is 0 Å². The molecule has 0 amide bonds. The second kappa shape index (κ2) is 8.27. The number of carbonyl (C=O) groups is 1. The van der Waals surface area contributed by atoms with Crippen molar-refractivity contribution in [1.82, 2.24) is 9.97 Å². The predicted octanol–water partition coefficient (Wildman–Crippen LogP) is 5.72. The Kier molecular flexibility index (Phi) is 5.57. The molecule has 0 radical (unpaired) electrons. The van der Waals surface area contributed by atoms with Gasteiger partial charge in [0.2, 0.25) is 0 Å². The van der Waals surface area contributed by atoms with Gasteiger partial charge in [0.25, 0.3) is 0 Å². The van der Waals surface area contributed by atoms with Gasteiger partial charge in [0.1, 0.15) is 5.82 Å². The fourth-order valence-electron chi connectivity index (χ4n) is 3.62. The Bertz CT molecular complexity index is 997. The topological polar surface area (TPSA) is 58.1 Å². The number of benzene rings is 1. The molecule has 1 aliphatic rings. The normalized spacial score (nSPS) is 14.3. The van der Waals surface area contributed by atoms with Crippen LogP contribution in [0.3, 0.4) is 0 Å². The molecule has 0 unspecified atom stereocenters. The van der Waals surface area contributed by atoms with E-state index in [1.54, 1.807) is 6.20 Å². The van der Waals surface area contributed by atoms with Gasteiger partial charge in [-0.05, 0) is 49.6 Å². The quantitative estimate of drug-likeness (QED) is 0.516. The SMILES string of the molecule is CCC(=O)c1cnc2ccc(Br)cc2c1Nc1ccc(N2CCCCC2)nc1. The number of rotatable bonds is 5. The Labute approximate surface area is 173 Å². The average Bonchev–Trinajstić information content (AvgIpc) is 2.74. The Morgan fingerprint density at radius 3 is 2.64 bits per heavy atom. The van der Waals surface area contributed by atoms with Gasteiger partial charge >= 0.3 is 0 Å². The molecule has 5 nitrogen and oxygen atoms in total. The van der Waals surface area contributed by atoms with Crippen molar-refractivity contribution in [3.05, 3.63) is 52.8 Å². The lowest BCUT2D eigenvalue weighted by Gasteiger charge is -2.27. The second-order valence-electron chi connectivity index (χ2n) is 7.06. The van der Waals surface area contributed by atoms with Gasteiger partial charge in [0.05, 0.1) is 28.7 Å². The van der Waals surface area contributed by atoms with Crippen LogP contribution < -0.4 is 10.2 Å². The molecule has 3 heterocycles. The number of carbonyl (C=O) groups excluding carboxylic acids is 1. The van der Waals surface area contributed by atoms with Crippen LogP contribution in [0.1, 0.15) is 43.0 Å². The number of ketones is 1. The van der Waals surface area contributed by atoms with E-state index in [1.165, 1.54) is 19.3 Å². The predicted molar refractivity (Wildman–Crippen MR) is 118 cm³/mol. The van der Waals surface area contributed by atoms with Crippen molar-refractivity contribution in [2.75, 3.05) is 23.3 Å². The number of hydrogen-bond donors (Lipinski definition) is 1. The number of nitrogens with zero attached hydrogens (tertiary/aromatic N) is 3. The zero-order chi connectivity index (χ0) is 19.5. The van der Waals surface area contributed by atoms with Gasteiger partial charge in [-0.15, -0.1) is 0 Å². The first-order valence-electron chi connectivity index (χ1n) is 9.75. The van der Waals surface area contributed by atoms with Crippen LogP contribution in [0, 0.1) is 0 Å². The van der Waals surface area contributed by atoms with Crippen molar-refractivity contribution in [1.29, 1.82) is 0 Å². The number of hydrogen-bond acceptors (Lipinski definition) is 5. The first kappa shape index (κ1) is 18.9. The standard InChI is InChI=1S/C22H23BrN4O/c1-2-20(28)18-14-24-19-8-6-15(23)12-17(19)22(18)26-16-7-9-21(25-13-16)27-10-4-3-5-11-27/h6-9,12-14H,2-5,10-11H2,1H3,(H,24,26). The van der Waals surface area contributed by atoms with Crippen molar-refractivity contribution >= 4 is 49.8 Å². The molecule has 0 bridgehead atoms. The molecule has 1 N–H and O–H groups in total. The molecule has 0 aliphatic carbocycles. The summed E-state index contributed by atoms with van der Waals surface area (Å²) in [7, 11) is 0. The van der Waals surface area contributed by atoms with Crippen LogP contribution in [0.15, 0.2) is 47.2 Å². The van der Waals surface area contributed by atoms with E-state index >= 15 is 0 Å². The second-order valence-corrected chi connectivity index (χ2v) is 7.98. The van der Waals surface area contributed by atoms with Gasteiger partial charge in [-0.1, -0.05) is 22.9 Å². The monoisotopic (exact) mass is 438 g/mol. The summed E-state index contributed by atoms with van der Waals surface area (Å²) in [5, 5.41) is 4.34. The van der Waals surface area contributed by atoms with E-state index in [1.807, 2.05) is 43.5 Å². The van der Waals surface area contributed by atoms with Crippen LogP contribution in [0.4, 0.5) is 17.2 Å². The summed E-state index contributed by atoms with van der Waals surface area (Å²) in [5.41, 5.74) is 3.09. The van der Waals surface area contributed by atoms with Gasteiger partial charge in [-0.25, -0.2) is 4.98 Å². The number of fused-ring (bicyclic) bond motifs is 1. The van der Waals surface area contributed by atoms with Gasteiger partial charge in [0, 0.05) is 35.6 Å². The van der Waals surface area contributed by atoms with E-state index in [-0.39, 0.29) is 5.78 Å². The number of piperidine rings is 1. The molecule has 6 heteroatoms. The van der Waals surface area contributed by atoms with Crippen molar-refractivity contribution < 1.29 is 4.79 Å². The minimum absolute atomic E-state index is 0.0646. The van der Waals surface area contributed by atoms with Gasteiger partial charge < -0.3 is 10.2 Å².